The Bertz CT molecular complexity index is 318. The maximum absolute atomic E-state index is 13.0. The largest absolute Gasteiger partial charge is 0.204 e. The monoisotopic (exact) mass is 144 g/mol. The molecule has 0 saturated heterocycles. The first kappa shape index (κ1) is 7.38. The molecule has 0 bridgehead atoms. The van der Waals surface area contributed by atoms with Crippen LogP contribution in [0, 0.1) is 30.5 Å². The average Bonchev–Trinajstić information content (AvgIpc) is 2.05. The van der Waals surface area contributed by atoms with E-state index in [0.717, 1.165) is 0 Å². The van der Waals surface area contributed by atoms with E-state index in [0.29, 0.717) is 0 Å². The molecule has 0 atom stereocenters. The van der Waals surface area contributed by atoms with Gasteiger partial charge in [0.1, 0.15) is 0 Å². The van der Waals surface area contributed by atoms with E-state index in [4.69, 9.17) is 12.8 Å². The third kappa shape index (κ3) is 1.23. The minimum atomic E-state index is -0.488. The second kappa shape index (κ2) is 2.90. The van der Waals surface area contributed by atoms with Crippen molar-refractivity contribution < 1.29 is 4.39 Å². The first-order valence-electron chi connectivity index (χ1n) is 3.01. The van der Waals surface area contributed by atoms with Crippen LogP contribution in [0.4, 0.5) is 4.39 Å². The molecule has 1 heteroatoms. The molecule has 0 aliphatic rings. The van der Waals surface area contributed by atoms with Crippen molar-refractivity contribution in [2.24, 2.45) is 0 Å². The number of terminal acetylenes is 2. The molecule has 0 saturated carbocycles. The van der Waals surface area contributed by atoms with Crippen molar-refractivity contribution in [2.75, 3.05) is 0 Å². The minimum absolute atomic E-state index is 0.209. The van der Waals surface area contributed by atoms with Gasteiger partial charge in [-0.25, -0.2) is 4.39 Å². The molecule has 1 aromatic rings. The molecule has 0 unspecified atom stereocenters. The molecule has 0 N–H and O–H groups in total. The number of hydrogen-bond acceptors (Lipinski definition) is 0. The van der Waals surface area contributed by atoms with Crippen LogP contribution < -0.4 is 0 Å². The van der Waals surface area contributed by atoms with Crippen LogP contribution in [0.5, 0.6) is 0 Å². The standard InChI is InChI=1S/C10H5F/c1-3-8-6-5-7-9(4-2)10(8)11/h1-2,5-7H. The van der Waals surface area contributed by atoms with Crippen LogP contribution >= 0.6 is 0 Å². The fraction of sp³-hybridized carbons (Fsp3) is 0. The van der Waals surface area contributed by atoms with Crippen LogP contribution in [-0.2, 0) is 0 Å². The Kier molecular flexibility index (Phi) is 1.95. The van der Waals surface area contributed by atoms with Gasteiger partial charge in [0.25, 0.3) is 0 Å². The first-order valence-corrected chi connectivity index (χ1v) is 3.01. The van der Waals surface area contributed by atoms with Gasteiger partial charge in [0, 0.05) is 0 Å². The van der Waals surface area contributed by atoms with Gasteiger partial charge >= 0.3 is 0 Å². The van der Waals surface area contributed by atoms with Crippen molar-refractivity contribution in [3.05, 3.63) is 35.1 Å². The summed E-state index contributed by atoms with van der Waals surface area (Å²) in [5.41, 5.74) is 0.418. The van der Waals surface area contributed by atoms with Crippen molar-refractivity contribution in [2.45, 2.75) is 0 Å². The number of hydrogen-bond donors (Lipinski definition) is 0. The summed E-state index contributed by atoms with van der Waals surface area (Å²) in [6.07, 6.45) is 10.0. The highest BCUT2D eigenvalue weighted by atomic mass is 19.1. The predicted octanol–water partition coefficient (Wildman–Crippen LogP) is 1.79. The lowest BCUT2D eigenvalue weighted by molar-refractivity contribution is 0.621. The molecule has 52 valence electrons. The summed E-state index contributed by atoms with van der Waals surface area (Å²) in [5.74, 6) is 3.91. The van der Waals surface area contributed by atoms with Gasteiger partial charge in [-0.2, -0.15) is 0 Å². The van der Waals surface area contributed by atoms with Crippen molar-refractivity contribution in [1.82, 2.24) is 0 Å². The van der Waals surface area contributed by atoms with Gasteiger partial charge in [-0.05, 0) is 12.1 Å². The zero-order valence-electron chi connectivity index (χ0n) is 5.76. The maximum atomic E-state index is 13.0. The van der Waals surface area contributed by atoms with Crippen LogP contribution in [-0.4, -0.2) is 0 Å². The van der Waals surface area contributed by atoms with Gasteiger partial charge in [-0.3, -0.25) is 0 Å². The SMILES string of the molecule is C#Cc1cccc(C#C)c1F. The summed E-state index contributed by atoms with van der Waals surface area (Å²) in [5, 5.41) is 0. The van der Waals surface area contributed by atoms with Gasteiger partial charge in [0.05, 0.1) is 11.1 Å². The quantitative estimate of drug-likeness (QED) is 0.487. The smallest absolute Gasteiger partial charge is 0.154 e. The molecule has 0 aromatic heterocycles. The van der Waals surface area contributed by atoms with E-state index in [1.165, 1.54) is 12.1 Å². The molecule has 0 radical (unpaired) electrons. The van der Waals surface area contributed by atoms with Crippen molar-refractivity contribution in [1.29, 1.82) is 0 Å². The van der Waals surface area contributed by atoms with Gasteiger partial charge in [-0.1, -0.05) is 17.9 Å². The van der Waals surface area contributed by atoms with Crippen LogP contribution in [0.3, 0.4) is 0 Å². The average molecular weight is 144 g/mol. The van der Waals surface area contributed by atoms with Crippen LogP contribution in [0.1, 0.15) is 11.1 Å². The molecule has 11 heavy (non-hydrogen) atoms. The number of benzene rings is 1. The Morgan fingerprint density at radius 3 is 1.91 bits per heavy atom. The number of halogens is 1. The summed E-state index contributed by atoms with van der Waals surface area (Å²) in [4.78, 5) is 0. The Morgan fingerprint density at radius 2 is 1.55 bits per heavy atom. The zero-order chi connectivity index (χ0) is 8.27. The van der Waals surface area contributed by atoms with Gasteiger partial charge in [0.15, 0.2) is 5.82 Å². The first-order chi connectivity index (χ1) is 5.29. The van der Waals surface area contributed by atoms with Gasteiger partial charge in [0.2, 0.25) is 0 Å². The Labute approximate surface area is 65.1 Å². The molecule has 0 nitrogen and oxygen atoms in total. The van der Waals surface area contributed by atoms with E-state index >= 15 is 0 Å². The van der Waals surface area contributed by atoms with Crippen LogP contribution in [0.15, 0.2) is 18.2 Å². The highest BCUT2D eigenvalue weighted by Gasteiger charge is 2.01. The van der Waals surface area contributed by atoms with Crippen molar-refractivity contribution >= 4 is 0 Å². The van der Waals surface area contributed by atoms with E-state index in [-0.39, 0.29) is 11.1 Å². The molecular weight excluding hydrogens is 139 g/mol. The highest BCUT2D eigenvalue weighted by molar-refractivity contribution is 5.43. The third-order valence-corrected chi connectivity index (χ3v) is 1.31. The fourth-order valence-electron chi connectivity index (χ4n) is 0.755. The molecule has 0 spiro atoms. The normalized spacial score (nSPS) is 8.27. The lowest BCUT2D eigenvalue weighted by atomic mass is 10.1. The Morgan fingerprint density at radius 1 is 1.09 bits per heavy atom. The highest BCUT2D eigenvalue weighted by Crippen LogP contribution is 2.09. The minimum Gasteiger partial charge on any atom is -0.204 e. The molecule has 0 fully saturated rings. The third-order valence-electron chi connectivity index (χ3n) is 1.31. The van der Waals surface area contributed by atoms with E-state index in [1.54, 1.807) is 6.07 Å². The number of rotatable bonds is 0. The predicted molar refractivity (Wildman–Crippen MR) is 42.3 cm³/mol. The van der Waals surface area contributed by atoms with E-state index in [9.17, 15) is 4.39 Å². The van der Waals surface area contributed by atoms with Crippen LogP contribution in [0.2, 0.25) is 0 Å². The Balaban J connectivity index is 3.38. The second-order valence-corrected chi connectivity index (χ2v) is 1.96. The molecule has 1 rings (SSSR count). The molecular formula is C10H5F. The van der Waals surface area contributed by atoms with Crippen LogP contribution in [0.25, 0.3) is 0 Å². The topological polar surface area (TPSA) is 0 Å². The summed E-state index contributed by atoms with van der Waals surface area (Å²) in [6, 6.07) is 4.65. The zero-order valence-corrected chi connectivity index (χ0v) is 5.76. The fourth-order valence-corrected chi connectivity index (χ4v) is 0.755. The lowest BCUT2D eigenvalue weighted by Crippen LogP contribution is -1.87. The lowest BCUT2D eigenvalue weighted by Gasteiger charge is -1.95. The second-order valence-electron chi connectivity index (χ2n) is 1.96. The molecule has 1 aromatic carbocycles. The van der Waals surface area contributed by atoms with Crippen molar-refractivity contribution in [3.63, 3.8) is 0 Å². The van der Waals surface area contributed by atoms with E-state index in [2.05, 4.69) is 11.8 Å². The summed E-state index contributed by atoms with van der Waals surface area (Å²) in [6.45, 7) is 0. The van der Waals surface area contributed by atoms with E-state index < -0.39 is 5.82 Å². The van der Waals surface area contributed by atoms with Gasteiger partial charge in [-0.15, -0.1) is 12.8 Å². The summed E-state index contributed by atoms with van der Waals surface area (Å²) < 4.78 is 13.0. The molecule has 0 aliphatic heterocycles. The maximum Gasteiger partial charge on any atom is 0.154 e. The van der Waals surface area contributed by atoms with E-state index in [1.807, 2.05) is 0 Å². The van der Waals surface area contributed by atoms with Gasteiger partial charge < -0.3 is 0 Å². The summed E-state index contributed by atoms with van der Waals surface area (Å²) >= 11 is 0. The molecule has 0 aliphatic carbocycles. The molecule has 0 heterocycles. The molecule has 0 amide bonds. The van der Waals surface area contributed by atoms with Crippen molar-refractivity contribution in [3.8, 4) is 24.7 Å². The summed E-state index contributed by atoms with van der Waals surface area (Å²) in [7, 11) is 0. The Hall–Kier alpha value is -1.73.